The van der Waals surface area contributed by atoms with Gasteiger partial charge in [-0.25, -0.2) is 0 Å². The van der Waals surface area contributed by atoms with Crippen molar-refractivity contribution in [3.63, 3.8) is 0 Å². The molecular weight excluding hydrogens is 238 g/mol. The van der Waals surface area contributed by atoms with Crippen LogP contribution in [0.15, 0.2) is 0 Å². The van der Waals surface area contributed by atoms with Crippen LogP contribution in [0.5, 0.6) is 0 Å². The average molecular weight is 252 g/mol. The van der Waals surface area contributed by atoms with Gasteiger partial charge in [0.1, 0.15) is 0 Å². The van der Waals surface area contributed by atoms with Gasteiger partial charge in [0.05, 0.1) is 24.6 Å². The third kappa shape index (κ3) is 3.62. The highest BCUT2D eigenvalue weighted by Gasteiger charge is 2.28. The van der Waals surface area contributed by atoms with Crippen molar-refractivity contribution in [1.29, 1.82) is 0 Å². The fourth-order valence-corrected chi connectivity index (χ4v) is 1.20. The second-order valence-electron chi connectivity index (χ2n) is 3.42. The molecule has 1 aliphatic heterocycles. The van der Waals surface area contributed by atoms with E-state index in [-0.39, 0.29) is 11.9 Å². The molecule has 4 nitrogen and oxygen atoms in total. The number of amides is 1. The summed E-state index contributed by atoms with van der Waals surface area (Å²) in [5.41, 5.74) is 0. The summed E-state index contributed by atoms with van der Waals surface area (Å²) in [6, 6.07) is -0.0296. The van der Waals surface area contributed by atoms with Crippen LogP contribution in [0.2, 0.25) is 0 Å². The van der Waals surface area contributed by atoms with Gasteiger partial charge in [-0.3, -0.25) is 4.79 Å². The Morgan fingerprint density at radius 3 is 2.54 bits per heavy atom. The average Bonchev–Trinajstić information content (AvgIpc) is 2.08. The summed E-state index contributed by atoms with van der Waals surface area (Å²) < 4.78 is 10.7. The summed E-state index contributed by atoms with van der Waals surface area (Å²) in [6.45, 7) is 4.72. The maximum Gasteiger partial charge on any atom is 0.231 e. The molecule has 13 heavy (non-hydrogen) atoms. The summed E-state index contributed by atoms with van der Waals surface area (Å²) in [5, 5.41) is 3.08. The molecule has 0 aromatic rings. The number of halogens is 1. The predicted octanol–water partition coefficient (Wildman–Crippen LogP) is 0.649. The van der Waals surface area contributed by atoms with Crippen LogP contribution in [0, 0.1) is 0 Å². The first-order valence-electron chi connectivity index (χ1n) is 4.17. The highest BCUT2D eigenvalue weighted by Crippen LogP contribution is 2.16. The monoisotopic (exact) mass is 251 g/mol. The minimum absolute atomic E-state index is 0.0296. The van der Waals surface area contributed by atoms with Crippen molar-refractivity contribution in [2.24, 2.45) is 0 Å². The molecule has 1 amide bonds. The number of carbonyl (C=O) groups is 1. The number of nitrogens with one attached hydrogen (secondary N) is 1. The quantitative estimate of drug-likeness (QED) is 0.734. The zero-order valence-corrected chi connectivity index (χ0v) is 9.39. The second kappa shape index (κ2) is 4.39. The molecule has 1 heterocycles. The van der Waals surface area contributed by atoms with E-state index in [0.717, 1.165) is 0 Å². The molecule has 1 saturated heterocycles. The van der Waals surface area contributed by atoms with E-state index in [1.165, 1.54) is 0 Å². The van der Waals surface area contributed by atoms with Crippen molar-refractivity contribution < 1.29 is 14.3 Å². The summed E-state index contributed by atoms with van der Waals surface area (Å²) in [6.07, 6.45) is 0. The van der Waals surface area contributed by atoms with Crippen LogP contribution in [0.25, 0.3) is 0 Å². The lowest BCUT2D eigenvalue weighted by Crippen LogP contribution is -2.50. The first-order valence-corrected chi connectivity index (χ1v) is 5.29. The Hall–Kier alpha value is -0.130. The molecule has 0 aromatic carbocycles. The van der Waals surface area contributed by atoms with Crippen molar-refractivity contribution in [3.8, 4) is 0 Å². The van der Waals surface area contributed by atoms with Gasteiger partial charge in [0.2, 0.25) is 5.91 Å². The van der Waals surface area contributed by atoms with Gasteiger partial charge >= 0.3 is 0 Å². The largest absolute Gasteiger partial charge is 0.348 e. The van der Waals surface area contributed by atoms with E-state index in [1.807, 2.05) is 13.8 Å². The van der Waals surface area contributed by atoms with Crippen LogP contribution < -0.4 is 5.32 Å². The molecule has 5 heteroatoms. The van der Waals surface area contributed by atoms with Crippen molar-refractivity contribution in [2.75, 3.05) is 18.5 Å². The number of hydrogen-bond donors (Lipinski definition) is 1. The molecule has 0 aromatic heterocycles. The SMILES string of the molecule is CC1(C)OCC(NC(=O)CBr)CO1. The zero-order valence-electron chi connectivity index (χ0n) is 7.80. The third-order valence-electron chi connectivity index (χ3n) is 1.75. The minimum Gasteiger partial charge on any atom is -0.348 e. The normalized spacial score (nSPS) is 22.7. The molecule has 0 unspecified atom stereocenters. The molecule has 0 spiro atoms. The van der Waals surface area contributed by atoms with Gasteiger partial charge in [0.15, 0.2) is 5.79 Å². The summed E-state index contributed by atoms with van der Waals surface area (Å²) in [4.78, 5) is 11.0. The minimum atomic E-state index is -0.518. The van der Waals surface area contributed by atoms with Crippen LogP contribution in [-0.2, 0) is 14.3 Å². The first kappa shape index (κ1) is 10.9. The molecule has 76 valence electrons. The molecule has 1 fully saturated rings. The number of alkyl halides is 1. The lowest BCUT2D eigenvalue weighted by Gasteiger charge is -2.35. The number of carbonyl (C=O) groups excluding carboxylic acids is 1. The molecule has 0 saturated carbocycles. The summed E-state index contributed by atoms with van der Waals surface area (Å²) in [7, 11) is 0. The lowest BCUT2D eigenvalue weighted by atomic mass is 10.2. The van der Waals surface area contributed by atoms with E-state index < -0.39 is 5.79 Å². The van der Waals surface area contributed by atoms with Gasteiger partial charge in [0, 0.05) is 0 Å². The Morgan fingerprint density at radius 2 is 2.08 bits per heavy atom. The van der Waals surface area contributed by atoms with Crippen LogP contribution in [-0.4, -0.2) is 36.3 Å². The standard InChI is InChI=1S/C8H14BrNO3/c1-8(2)12-4-6(5-13-8)10-7(11)3-9/h6H,3-5H2,1-2H3,(H,10,11). The zero-order chi connectivity index (χ0) is 9.90. The van der Waals surface area contributed by atoms with E-state index >= 15 is 0 Å². The smallest absolute Gasteiger partial charge is 0.231 e. The van der Waals surface area contributed by atoms with Gasteiger partial charge < -0.3 is 14.8 Å². The van der Waals surface area contributed by atoms with Crippen molar-refractivity contribution >= 4 is 21.8 Å². The highest BCUT2D eigenvalue weighted by molar-refractivity contribution is 9.09. The summed E-state index contributed by atoms with van der Waals surface area (Å²) in [5.74, 6) is -0.563. The van der Waals surface area contributed by atoms with E-state index in [2.05, 4.69) is 21.2 Å². The van der Waals surface area contributed by atoms with Crippen LogP contribution >= 0.6 is 15.9 Å². The van der Waals surface area contributed by atoms with Crippen LogP contribution in [0.1, 0.15) is 13.8 Å². The maximum atomic E-state index is 11.0. The predicted molar refractivity (Wildman–Crippen MR) is 51.7 cm³/mol. The molecule has 1 N–H and O–H groups in total. The molecule has 1 aliphatic rings. The molecule has 0 radical (unpaired) electrons. The molecule has 0 bridgehead atoms. The van der Waals surface area contributed by atoms with Crippen molar-refractivity contribution in [3.05, 3.63) is 0 Å². The topological polar surface area (TPSA) is 47.6 Å². The summed E-state index contributed by atoms with van der Waals surface area (Å²) >= 11 is 3.07. The van der Waals surface area contributed by atoms with Crippen molar-refractivity contribution in [2.45, 2.75) is 25.7 Å². The van der Waals surface area contributed by atoms with E-state index in [4.69, 9.17) is 9.47 Å². The van der Waals surface area contributed by atoms with Crippen LogP contribution in [0.4, 0.5) is 0 Å². The van der Waals surface area contributed by atoms with E-state index in [0.29, 0.717) is 18.5 Å². The highest BCUT2D eigenvalue weighted by atomic mass is 79.9. The maximum absolute atomic E-state index is 11.0. The van der Waals surface area contributed by atoms with Crippen molar-refractivity contribution in [1.82, 2.24) is 5.32 Å². The Bertz CT molecular complexity index is 186. The Labute approximate surface area is 86.1 Å². The Kier molecular flexibility index (Phi) is 3.70. The molecule has 0 atom stereocenters. The Morgan fingerprint density at radius 1 is 1.54 bits per heavy atom. The first-order chi connectivity index (χ1) is 6.03. The van der Waals surface area contributed by atoms with Gasteiger partial charge in [-0.2, -0.15) is 0 Å². The molecule has 0 aliphatic carbocycles. The number of ether oxygens (including phenoxy) is 2. The van der Waals surface area contributed by atoms with E-state index in [1.54, 1.807) is 0 Å². The molecular formula is C8H14BrNO3. The number of hydrogen-bond acceptors (Lipinski definition) is 3. The van der Waals surface area contributed by atoms with E-state index in [9.17, 15) is 4.79 Å². The third-order valence-corrected chi connectivity index (χ3v) is 2.26. The van der Waals surface area contributed by atoms with Gasteiger partial charge in [-0.05, 0) is 13.8 Å². The lowest BCUT2D eigenvalue weighted by molar-refractivity contribution is -0.252. The fourth-order valence-electron chi connectivity index (χ4n) is 1.04. The second-order valence-corrected chi connectivity index (χ2v) is 3.98. The van der Waals surface area contributed by atoms with Crippen LogP contribution in [0.3, 0.4) is 0 Å². The number of rotatable bonds is 2. The van der Waals surface area contributed by atoms with Gasteiger partial charge in [-0.15, -0.1) is 0 Å². The van der Waals surface area contributed by atoms with Gasteiger partial charge in [0.25, 0.3) is 0 Å². The van der Waals surface area contributed by atoms with Gasteiger partial charge in [-0.1, -0.05) is 15.9 Å². The molecule has 1 rings (SSSR count). The Balaban J connectivity index is 2.29. The fraction of sp³-hybridized carbons (Fsp3) is 0.875.